The van der Waals surface area contributed by atoms with E-state index in [1.165, 1.54) is 19.3 Å². The van der Waals surface area contributed by atoms with Gasteiger partial charge in [-0.15, -0.1) is 0 Å². The van der Waals surface area contributed by atoms with Crippen LogP contribution in [0.1, 0.15) is 46.5 Å². The highest BCUT2D eigenvalue weighted by Crippen LogP contribution is 2.39. The number of anilines is 2. The summed E-state index contributed by atoms with van der Waals surface area (Å²) in [5.74, 6) is 0.0540. The first-order valence-corrected chi connectivity index (χ1v) is 7.18. The van der Waals surface area contributed by atoms with Crippen LogP contribution in [0.3, 0.4) is 0 Å². The first-order valence-electron chi connectivity index (χ1n) is 7.18. The van der Waals surface area contributed by atoms with Gasteiger partial charge in [-0.2, -0.15) is 0 Å². The highest BCUT2D eigenvalue weighted by atomic mass is 16.1. The van der Waals surface area contributed by atoms with Crippen molar-refractivity contribution in [2.75, 3.05) is 10.6 Å². The van der Waals surface area contributed by atoms with E-state index in [-0.39, 0.29) is 5.91 Å². The third-order valence-electron chi connectivity index (χ3n) is 4.07. The molecule has 0 spiro atoms. The van der Waals surface area contributed by atoms with Crippen LogP contribution in [-0.4, -0.2) is 11.9 Å². The van der Waals surface area contributed by atoms with Crippen LogP contribution >= 0.6 is 0 Å². The Kier molecular flexibility index (Phi) is 4.13. The quantitative estimate of drug-likeness (QED) is 0.858. The molecule has 0 saturated heterocycles. The van der Waals surface area contributed by atoms with Crippen molar-refractivity contribution in [3.8, 4) is 0 Å². The standard InChI is InChI=1S/C16H24N2O/c1-4-15(19)18-13-8-5-7-12(11-13)17-14-9-6-10-16(14,2)3/h5,7-8,11,14,17H,4,6,9-10H2,1-3H3,(H,18,19). The summed E-state index contributed by atoms with van der Waals surface area (Å²) in [6, 6.07) is 8.51. The first-order chi connectivity index (χ1) is 9.01. The molecule has 1 fully saturated rings. The summed E-state index contributed by atoms with van der Waals surface area (Å²) in [7, 11) is 0. The third kappa shape index (κ3) is 3.49. The van der Waals surface area contributed by atoms with Gasteiger partial charge in [0.2, 0.25) is 5.91 Å². The van der Waals surface area contributed by atoms with Crippen LogP contribution in [0.2, 0.25) is 0 Å². The van der Waals surface area contributed by atoms with Gasteiger partial charge in [-0.05, 0) is 36.5 Å². The molecule has 3 nitrogen and oxygen atoms in total. The molecule has 0 bridgehead atoms. The van der Waals surface area contributed by atoms with Crippen LogP contribution in [0.5, 0.6) is 0 Å². The van der Waals surface area contributed by atoms with Gasteiger partial charge < -0.3 is 10.6 Å². The van der Waals surface area contributed by atoms with Gasteiger partial charge in [-0.25, -0.2) is 0 Å². The number of rotatable bonds is 4. The van der Waals surface area contributed by atoms with E-state index in [4.69, 9.17) is 0 Å². The fourth-order valence-corrected chi connectivity index (χ4v) is 2.73. The predicted molar refractivity (Wildman–Crippen MR) is 80.4 cm³/mol. The van der Waals surface area contributed by atoms with Crippen molar-refractivity contribution in [1.82, 2.24) is 0 Å². The number of hydrogen-bond acceptors (Lipinski definition) is 2. The second-order valence-corrected chi connectivity index (χ2v) is 6.06. The topological polar surface area (TPSA) is 41.1 Å². The van der Waals surface area contributed by atoms with Gasteiger partial charge in [-0.1, -0.05) is 33.3 Å². The summed E-state index contributed by atoms with van der Waals surface area (Å²) in [4.78, 5) is 11.4. The fraction of sp³-hybridized carbons (Fsp3) is 0.562. The number of carbonyl (C=O) groups excluding carboxylic acids is 1. The van der Waals surface area contributed by atoms with Gasteiger partial charge in [0, 0.05) is 23.8 Å². The molecule has 19 heavy (non-hydrogen) atoms. The van der Waals surface area contributed by atoms with Gasteiger partial charge in [0.1, 0.15) is 0 Å². The molecule has 3 heteroatoms. The number of hydrogen-bond donors (Lipinski definition) is 2. The van der Waals surface area contributed by atoms with Crippen molar-refractivity contribution in [2.24, 2.45) is 5.41 Å². The van der Waals surface area contributed by atoms with Crippen molar-refractivity contribution >= 4 is 17.3 Å². The van der Waals surface area contributed by atoms with Gasteiger partial charge in [0.15, 0.2) is 0 Å². The lowest BCUT2D eigenvalue weighted by Gasteiger charge is -2.28. The van der Waals surface area contributed by atoms with E-state index in [0.717, 1.165) is 11.4 Å². The molecule has 1 aliphatic carbocycles. The van der Waals surface area contributed by atoms with Gasteiger partial charge >= 0.3 is 0 Å². The number of nitrogens with one attached hydrogen (secondary N) is 2. The highest BCUT2D eigenvalue weighted by molar-refractivity contribution is 5.90. The van der Waals surface area contributed by atoms with Crippen LogP contribution in [0.25, 0.3) is 0 Å². The van der Waals surface area contributed by atoms with Crippen LogP contribution in [-0.2, 0) is 4.79 Å². The van der Waals surface area contributed by atoms with Crippen molar-refractivity contribution in [1.29, 1.82) is 0 Å². The number of amides is 1. The Hall–Kier alpha value is -1.51. The van der Waals surface area contributed by atoms with Gasteiger partial charge in [0.05, 0.1) is 0 Å². The van der Waals surface area contributed by atoms with E-state index < -0.39 is 0 Å². The molecule has 0 heterocycles. The summed E-state index contributed by atoms with van der Waals surface area (Å²) in [6.07, 6.45) is 4.29. The first kappa shape index (κ1) is 13.9. The predicted octanol–water partition coefficient (Wildman–Crippen LogP) is 4.03. The second-order valence-electron chi connectivity index (χ2n) is 6.06. The molecule has 0 aromatic heterocycles. The molecule has 0 aliphatic heterocycles. The van der Waals surface area contributed by atoms with E-state index in [2.05, 4.69) is 30.5 Å². The lowest BCUT2D eigenvalue weighted by atomic mass is 9.87. The minimum absolute atomic E-state index is 0.0540. The van der Waals surface area contributed by atoms with Crippen LogP contribution in [0.15, 0.2) is 24.3 Å². The van der Waals surface area contributed by atoms with Gasteiger partial charge in [-0.3, -0.25) is 4.79 Å². The molecule has 1 aliphatic rings. The molecular weight excluding hydrogens is 236 g/mol. The largest absolute Gasteiger partial charge is 0.382 e. The Morgan fingerprint density at radius 3 is 2.74 bits per heavy atom. The molecule has 1 aromatic rings. The van der Waals surface area contributed by atoms with E-state index in [0.29, 0.717) is 17.9 Å². The van der Waals surface area contributed by atoms with E-state index in [1.54, 1.807) is 0 Å². The third-order valence-corrected chi connectivity index (χ3v) is 4.07. The molecule has 1 saturated carbocycles. The summed E-state index contributed by atoms with van der Waals surface area (Å²) < 4.78 is 0. The Morgan fingerprint density at radius 2 is 2.11 bits per heavy atom. The molecule has 0 radical (unpaired) electrons. The zero-order valence-corrected chi connectivity index (χ0v) is 12.1. The van der Waals surface area contributed by atoms with E-state index in [1.807, 2.05) is 25.1 Å². The molecule has 1 amide bonds. The molecule has 1 aromatic carbocycles. The van der Waals surface area contributed by atoms with Crippen molar-refractivity contribution in [3.05, 3.63) is 24.3 Å². The average Bonchev–Trinajstić information content (AvgIpc) is 2.69. The average molecular weight is 260 g/mol. The van der Waals surface area contributed by atoms with Gasteiger partial charge in [0.25, 0.3) is 0 Å². The Morgan fingerprint density at radius 1 is 1.37 bits per heavy atom. The van der Waals surface area contributed by atoms with Crippen molar-refractivity contribution < 1.29 is 4.79 Å². The van der Waals surface area contributed by atoms with E-state index >= 15 is 0 Å². The number of benzene rings is 1. The molecular formula is C16H24N2O. The van der Waals surface area contributed by atoms with Crippen LogP contribution < -0.4 is 10.6 Å². The zero-order chi connectivity index (χ0) is 13.9. The SMILES string of the molecule is CCC(=O)Nc1cccc(NC2CCCC2(C)C)c1. The summed E-state index contributed by atoms with van der Waals surface area (Å²) in [6.45, 7) is 6.50. The Balaban J connectivity index is 2.05. The molecule has 104 valence electrons. The molecule has 1 unspecified atom stereocenters. The normalized spacial score (nSPS) is 21.1. The summed E-state index contributed by atoms with van der Waals surface area (Å²) >= 11 is 0. The minimum atomic E-state index is 0.0540. The zero-order valence-electron chi connectivity index (χ0n) is 12.1. The smallest absolute Gasteiger partial charge is 0.224 e. The lowest BCUT2D eigenvalue weighted by Crippen LogP contribution is -2.30. The van der Waals surface area contributed by atoms with Crippen molar-refractivity contribution in [3.63, 3.8) is 0 Å². The summed E-state index contributed by atoms with van der Waals surface area (Å²) in [5.41, 5.74) is 2.31. The summed E-state index contributed by atoms with van der Waals surface area (Å²) in [5, 5.41) is 6.51. The fourth-order valence-electron chi connectivity index (χ4n) is 2.73. The molecule has 2 rings (SSSR count). The lowest BCUT2D eigenvalue weighted by molar-refractivity contribution is -0.115. The van der Waals surface area contributed by atoms with Crippen LogP contribution in [0, 0.1) is 5.41 Å². The second kappa shape index (κ2) is 5.64. The highest BCUT2D eigenvalue weighted by Gasteiger charge is 2.34. The Bertz CT molecular complexity index is 454. The maximum absolute atomic E-state index is 11.4. The maximum atomic E-state index is 11.4. The van der Waals surface area contributed by atoms with Crippen molar-refractivity contribution in [2.45, 2.75) is 52.5 Å². The Labute approximate surface area is 115 Å². The molecule has 1 atom stereocenters. The van der Waals surface area contributed by atoms with E-state index in [9.17, 15) is 4.79 Å². The monoisotopic (exact) mass is 260 g/mol. The molecule has 2 N–H and O–H groups in total. The maximum Gasteiger partial charge on any atom is 0.224 e. The number of carbonyl (C=O) groups is 1. The van der Waals surface area contributed by atoms with Crippen LogP contribution in [0.4, 0.5) is 11.4 Å². The minimum Gasteiger partial charge on any atom is -0.382 e.